The van der Waals surface area contributed by atoms with Gasteiger partial charge in [-0.3, -0.25) is 0 Å². The number of hydrogen-bond donors (Lipinski definition) is 2. The van der Waals surface area contributed by atoms with E-state index in [1.165, 1.54) is 32.1 Å². The van der Waals surface area contributed by atoms with Crippen LogP contribution in [0.15, 0.2) is 42.7 Å². The number of para-hydroxylation sites is 1. The predicted molar refractivity (Wildman–Crippen MR) is 83.4 cm³/mol. The summed E-state index contributed by atoms with van der Waals surface area (Å²) in [4.78, 5) is 0. The van der Waals surface area contributed by atoms with Gasteiger partial charge in [-0.15, -0.1) is 0 Å². The van der Waals surface area contributed by atoms with Crippen molar-refractivity contribution in [2.45, 2.75) is 44.2 Å². The Morgan fingerprint density at radius 2 is 1.95 bits per heavy atom. The van der Waals surface area contributed by atoms with Crippen molar-refractivity contribution in [3.8, 4) is 5.69 Å². The molecular weight excluding hydrogens is 262 g/mol. The normalized spacial score (nSPS) is 17.8. The molecule has 0 amide bonds. The third kappa shape index (κ3) is 3.52. The van der Waals surface area contributed by atoms with E-state index in [0.29, 0.717) is 6.04 Å². The first-order valence-electron chi connectivity index (χ1n) is 7.84. The number of nitrogens with zero attached hydrogens (tertiary/aromatic N) is 2. The molecule has 0 bridgehead atoms. The van der Waals surface area contributed by atoms with E-state index in [1.807, 2.05) is 47.4 Å². The van der Waals surface area contributed by atoms with Crippen LogP contribution in [0.25, 0.3) is 5.69 Å². The second kappa shape index (κ2) is 6.87. The van der Waals surface area contributed by atoms with E-state index in [4.69, 9.17) is 0 Å². The molecule has 1 aromatic carbocycles. The fourth-order valence-electron chi connectivity index (χ4n) is 3.05. The van der Waals surface area contributed by atoms with E-state index in [9.17, 15) is 5.11 Å². The number of rotatable bonds is 5. The fourth-order valence-corrected chi connectivity index (χ4v) is 3.05. The van der Waals surface area contributed by atoms with Crippen LogP contribution in [0.2, 0.25) is 0 Å². The van der Waals surface area contributed by atoms with Gasteiger partial charge in [0, 0.05) is 17.8 Å². The van der Waals surface area contributed by atoms with Crippen molar-refractivity contribution in [3.05, 3.63) is 48.3 Å². The lowest BCUT2D eigenvalue weighted by Gasteiger charge is -2.27. The summed E-state index contributed by atoms with van der Waals surface area (Å²) < 4.78 is 1.86. The van der Waals surface area contributed by atoms with Gasteiger partial charge in [0.1, 0.15) is 0 Å². The SMILES string of the molecule is OCC(NC1CCCCC1)c1cnn(-c2ccccc2)c1. The molecule has 0 saturated heterocycles. The molecule has 2 N–H and O–H groups in total. The molecule has 0 radical (unpaired) electrons. The van der Waals surface area contributed by atoms with E-state index >= 15 is 0 Å². The van der Waals surface area contributed by atoms with Crippen LogP contribution in [-0.4, -0.2) is 27.5 Å². The molecule has 2 aromatic rings. The molecule has 0 spiro atoms. The standard InChI is InChI=1S/C17H23N3O/c21-13-17(19-15-7-3-1-4-8-15)14-11-18-20(12-14)16-9-5-2-6-10-16/h2,5-6,9-12,15,17,19,21H,1,3-4,7-8,13H2. The Kier molecular flexibility index (Phi) is 4.68. The Labute approximate surface area is 125 Å². The molecule has 1 atom stereocenters. The van der Waals surface area contributed by atoms with Crippen LogP contribution < -0.4 is 5.32 Å². The summed E-state index contributed by atoms with van der Waals surface area (Å²) in [5, 5.41) is 17.7. The predicted octanol–water partition coefficient (Wildman–Crippen LogP) is 2.83. The zero-order valence-corrected chi connectivity index (χ0v) is 12.3. The highest BCUT2D eigenvalue weighted by molar-refractivity contribution is 5.31. The second-order valence-electron chi connectivity index (χ2n) is 5.79. The summed E-state index contributed by atoms with van der Waals surface area (Å²) in [7, 11) is 0. The maximum absolute atomic E-state index is 9.69. The molecule has 4 nitrogen and oxygen atoms in total. The molecule has 1 aliphatic carbocycles. The van der Waals surface area contributed by atoms with E-state index in [1.54, 1.807) is 0 Å². The van der Waals surface area contributed by atoms with Crippen LogP contribution in [0.5, 0.6) is 0 Å². The molecule has 112 valence electrons. The lowest BCUT2D eigenvalue weighted by Crippen LogP contribution is -2.35. The Morgan fingerprint density at radius 3 is 2.67 bits per heavy atom. The number of hydrogen-bond acceptors (Lipinski definition) is 3. The van der Waals surface area contributed by atoms with E-state index in [2.05, 4.69) is 10.4 Å². The smallest absolute Gasteiger partial charge is 0.0645 e. The van der Waals surface area contributed by atoms with Gasteiger partial charge in [-0.2, -0.15) is 5.10 Å². The van der Waals surface area contributed by atoms with Gasteiger partial charge in [-0.25, -0.2) is 4.68 Å². The molecule has 4 heteroatoms. The lowest BCUT2D eigenvalue weighted by atomic mass is 9.94. The average Bonchev–Trinajstić information content (AvgIpc) is 3.04. The highest BCUT2D eigenvalue weighted by Gasteiger charge is 2.19. The minimum atomic E-state index is -0.0226. The minimum Gasteiger partial charge on any atom is -0.394 e. The van der Waals surface area contributed by atoms with Crippen LogP contribution in [-0.2, 0) is 0 Å². The molecule has 1 aromatic heterocycles. The molecule has 1 fully saturated rings. The van der Waals surface area contributed by atoms with Gasteiger partial charge < -0.3 is 10.4 Å². The molecule has 1 saturated carbocycles. The maximum atomic E-state index is 9.69. The summed E-state index contributed by atoms with van der Waals surface area (Å²) in [6.07, 6.45) is 10.2. The highest BCUT2D eigenvalue weighted by Crippen LogP contribution is 2.22. The third-order valence-corrected chi connectivity index (χ3v) is 4.25. The van der Waals surface area contributed by atoms with Gasteiger partial charge in [0.2, 0.25) is 0 Å². The largest absolute Gasteiger partial charge is 0.394 e. The van der Waals surface area contributed by atoms with E-state index in [0.717, 1.165) is 11.3 Å². The molecule has 3 rings (SSSR count). The summed E-state index contributed by atoms with van der Waals surface area (Å²) >= 11 is 0. The van der Waals surface area contributed by atoms with Gasteiger partial charge in [-0.05, 0) is 25.0 Å². The van der Waals surface area contributed by atoms with Crippen LogP contribution >= 0.6 is 0 Å². The molecule has 1 heterocycles. The monoisotopic (exact) mass is 285 g/mol. The van der Waals surface area contributed by atoms with Crippen molar-refractivity contribution >= 4 is 0 Å². The van der Waals surface area contributed by atoms with Crippen LogP contribution in [0.3, 0.4) is 0 Å². The maximum Gasteiger partial charge on any atom is 0.0645 e. The molecule has 1 aliphatic rings. The number of nitrogens with one attached hydrogen (secondary N) is 1. The summed E-state index contributed by atoms with van der Waals surface area (Å²) in [6, 6.07) is 10.6. The molecular formula is C17H23N3O. The first-order chi connectivity index (χ1) is 10.4. The van der Waals surface area contributed by atoms with Crippen molar-refractivity contribution < 1.29 is 5.11 Å². The van der Waals surface area contributed by atoms with Gasteiger partial charge >= 0.3 is 0 Å². The molecule has 1 unspecified atom stereocenters. The van der Waals surface area contributed by atoms with Crippen LogP contribution in [0.1, 0.15) is 43.7 Å². The van der Waals surface area contributed by atoms with Crippen molar-refractivity contribution in [2.75, 3.05) is 6.61 Å². The fraction of sp³-hybridized carbons (Fsp3) is 0.471. The zero-order chi connectivity index (χ0) is 14.5. The average molecular weight is 285 g/mol. The first-order valence-corrected chi connectivity index (χ1v) is 7.84. The van der Waals surface area contributed by atoms with Crippen molar-refractivity contribution in [2.24, 2.45) is 0 Å². The summed E-state index contributed by atoms with van der Waals surface area (Å²) in [5.41, 5.74) is 2.09. The number of aliphatic hydroxyl groups excluding tert-OH is 1. The van der Waals surface area contributed by atoms with Crippen molar-refractivity contribution in [1.29, 1.82) is 0 Å². The number of aliphatic hydroxyl groups is 1. The number of benzene rings is 1. The van der Waals surface area contributed by atoms with Crippen LogP contribution in [0, 0.1) is 0 Å². The lowest BCUT2D eigenvalue weighted by molar-refractivity contribution is 0.220. The van der Waals surface area contributed by atoms with E-state index < -0.39 is 0 Å². The Morgan fingerprint density at radius 1 is 1.19 bits per heavy atom. The Bertz CT molecular complexity index is 546. The van der Waals surface area contributed by atoms with E-state index in [-0.39, 0.29) is 12.6 Å². The van der Waals surface area contributed by atoms with Crippen LogP contribution in [0.4, 0.5) is 0 Å². The van der Waals surface area contributed by atoms with Crippen molar-refractivity contribution in [3.63, 3.8) is 0 Å². The van der Waals surface area contributed by atoms with Gasteiger partial charge in [0.25, 0.3) is 0 Å². The highest BCUT2D eigenvalue weighted by atomic mass is 16.3. The quantitative estimate of drug-likeness (QED) is 0.888. The minimum absolute atomic E-state index is 0.0226. The van der Waals surface area contributed by atoms with Gasteiger partial charge in [0.05, 0.1) is 24.5 Å². The molecule has 21 heavy (non-hydrogen) atoms. The van der Waals surface area contributed by atoms with Crippen molar-refractivity contribution in [1.82, 2.24) is 15.1 Å². The first kappa shape index (κ1) is 14.3. The third-order valence-electron chi connectivity index (χ3n) is 4.25. The molecule has 0 aliphatic heterocycles. The summed E-state index contributed by atoms with van der Waals surface area (Å²) in [6.45, 7) is 0.108. The Balaban J connectivity index is 1.71. The van der Waals surface area contributed by atoms with Gasteiger partial charge in [-0.1, -0.05) is 37.5 Å². The van der Waals surface area contributed by atoms with Gasteiger partial charge in [0.15, 0.2) is 0 Å². The zero-order valence-electron chi connectivity index (χ0n) is 12.3. The second-order valence-corrected chi connectivity index (χ2v) is 5.79. The number of aromatic nitrogens is 2. The topological polar surface area (TPSA) is 50.1 Å². The Hall–Kier alpha value is -1.65. The summed E-state index contributed by atoms with van der Waals surface area (Å²) in [5.74, 6) is 0.